The molecule has 1 unspecified atom stereocenters. The van der Waals surface area contributed by atoms with Crippen molar-refractivity contribution >= 4 is 0 Å². The van der Waals surface area contributed by atoms with Gasteiger partial charge in [-0.3, -0.25) is 0 Å². The third-order valence-corrected chi connectivity index (χ3v) is 3.96. The van der Waals surface area contributed by atoms with Crippen molar-refractivity contribution in [2.75, 3.05) is 20.1 Å². The zero-order chi connectivity index (χ0) is 11.8. The molecule has 0 bridgehead atoms. The van der Waals surface area contributed by atoms with Crippen LogP contribution in [0.5, 0.6) is 0 Å². The first-order valence-corrected chi connectivity index (χ1v) is 5.92. The Hall–Kier alpha value is -0.860. The summed E-state index contributed by atoms with van der Waals surface area (Å²) >= 11 is 0. The quantitative estimate of drug-likeness (QED) is 0.822. The molecule has 2 nitrogen and oxygen atoms in total. The van der Waals surface area contributed by atoms with Crippen molar-refractivity contribution in [2.45, 2.75) is 31.3 Å². The van der Waals surface area contributed by atoms with Crippen molar-refractivity contribution in [1.82, 2.24) is 4.90 Å². The Morgan fingerprint density at radius 3 is 2.31 bits per heavy atom. The van der Waals surface area contributed by atoms with Gasteiger partial charge in [0.1, 0.15) is 0 Å². The van der Waals surface area contributed by atoms with Crippen LogP contribution in [0.2, 0.25) is 0 Å². The minimum atomic E-state index is -0.681. The molecule has 0 spiro atoms. The zero-order valence-electron chi connectivity index (χ0n) is 10.4. The maximum Gasteiger partial charge on any atom is 0.0700 e. The number of benzene rings is 1. The zero-order valence-corrected chi connectivity index (χ0v) is 10.4. The monoisotopic (exact) mass is 219 g/mol. The lowest BCUT2D eigenvalue weighted by atomic mass is 9.68. The Morgan fingerprint density at radius 1 is 1.25 bits per heavy atom. The Bertz CT molecular complexity index is 355. The van der Waals surface area contributed by atoms with Crippen LogP contribution in [0, 0.1) is 0 Å². The molecule has 88 valence electrons. The molecule has 1 atom stereocenters. The molecule has 1 saturated heterocycles. The van der Waals surface area contributed by atoms with Crippen LogP contribution in [0.4, 0.5) is 0 Å². The van der Waals surface area contributed by atoms with Crippen LogP contribution in [0.25, 0.3) is 0 Å². The fourth-order valence-electron chi connectivity index (χ4n) is 2.85. The molecule has 0 aliphatic carbocycles. The van der Waals surface area contributed by atoms with Crippen LogP contribution >= 0.6 is 0 Å². The van der Waals surface area contributed by atoms with Gasteiger partial charge >= 0.3 is 0 Å². The summed E-state index contributed by atoms with van der Waals surface area (Å²) in [6, 6.07) is 10.4. The van der Waals surface area contributed by atoms with E-state index in [1.165, 1.54) is 5.56 Å². The lowest BCUT2D eigenvalue weighted by Crippen LogP contribution is -2.49. The average molecular weight is 219 g/mol. The second kappa shape index (κ2) is 3.86. The van der Waals surface area contributed by atoms with E-state index in [0.717, 1.165) is 19.5 Å². The molecule has 0 amide bonds. The van der Waals surface area contributed by atoms with Gasteiger partial charge in [0.05, 0.1) is 5.60 Å². The largest absolute Gasteiger partial charge is 0.389 e. The van der Waals surface area contributed by atoms with E-state index in [1.54, 1.807) is 0 Å². The number of hydrogen-bond acceptors (Lipinski definition) is 2. The summed E-state index contributed by atoms with van der Waals surface area (Å²) in [6.45, 7) is 5.84. The number of likely N-dealkylation sites (tertiary alicyclic amines) is 1. The van der Waals surface area contributed by atoms with Gasteiger partial charge in [0, 0.05) is 12.0 Å². The lowest BCUT2D eigenvalue weighted by Gasteiger charge is -2.41. The highest BCUT2D eigenvalue weighted by Gasteiger charge is 2.48. The van der Waals surface area contributed by atoms with Gasteiger partial charge in [-0.25, -0.2) is 0 Å². The molecule has 1 N–H and O–H groups in total. The lowest BCUT2D eigenvalue weighted by molar-refractivity contribution is -0.00249. The number of rotatable bonds is 2. The smallest absolute Gasteiger partial charge is 0.0700 e. The van der Waals surface area contributed by atoms with Gasteiger partial charge in [0.15, 0.2) is 0 Å². The van der Waals surface area contributed by atoms with Gasteiger partial charge in [-0.15, -0.1) is 0 Å². The normalized spacial score (nSPS) is 27.2. The maximum absolute atomic E-state index is 10.5. The molecule has 0 aromatic heterocycles. The van der Waals surface area contributed by atoms with E-state index in [9.17, 15) is 5.11 Å². The number of likely N-dealkylation sites (N-methyl/N-ethyl adjacent to an activating group) is 1. The minimum absolute atomic E-state index is 0.122. The second-order valence-electron chi connectivity index (χ2n) is 5.49. The first-order valence-electron chi connectivity index (χ1n) is 5.92. The van der Waals surface area contributed by atoms with E-state index in [1.807, 2.05) is 19.9 Å². The summed E-state index contributed by atoms with van der Waals surface area (Å²) in [6.07, 6.45) is 1.02. The predicted octanol–water partition coefficient (Wildman–Crippen LogP) is 2.03. The Balaban J connectivity index is 2.45. The molecule has 1 aliphatic rings. The summed E-state index contributed by atoms with van der Waals surface area (Å²) in [5.41, 5.74) is 0.453. The molecule has 1 aromatic rings. The van der Waals surface area contributed by atoms with E-state index in [2.05, 4.69) is 36.2 Å². The summed E-state index contributed by atoms with van der Waals surface area (Å²) < 4.78 is 0. The predicted molar refractivity (Wildman–Crippen MR) is 66.5 cm³/mol. The highest BCUT2D eigenvalue weighted by Crippen LogP contribution is 2.42. The fraction of sp³-hybridized carbons (Fsp3) is 0.571. The fourth-order valence-corrected chi connectivity index (χ4v) is 2.85. The molecule has 2 rings (SSSR count). The number of aliphatic hydroxyl groups is 1. The summed E-state index contributed by atoms with van der Waals surface area (Å²) in [5.74, 6) is 0. The molecule has 1 fully saturated rings. The number of nitrogens with zero attached hydrogens (tertiary/aromatic N) is 1. The van der Waals surface area contributed by atoms with E-state index in [-0.39, 0.29) is 5.41 Å². The van der Waals surface area contributed by atoms with Crippen molar-refractivity contribution in [3.8, 4) is 0 Å². The van der Waals surface area contributed by atoms with Gasteiger partial charge in [-0.05, 0) is 39.4 Å². The number of hydrogen-bond donors (Lipinski definition) is 1. The van der Waals surface area contributed by atoms with Crippen LogP contribution in [0.3, 0.4) is 0 Å². The molecule has 1 aliphatic heterocycles. The molecule has 2 heteroatoms. The van der Waals surface area contributed by atoms with Crippen molar-refractivity contribution in [3.63, 3.8) is 0 Å². The van der Waals surface area contributed by atoms with E-state index in [0.29, 0.717) is 0 Å². The molecular formula is C14H21NO. The standard InChI is InChI=1S/C14H21NO/c1-13(2,16)14(9-10-15(3)11-14)12-7-5-4-6-8-12/h4-8,16H,9-11H2,1-3H3. The molecule has 16 heavy (non-hydrogen) atoms. The van der Waals surface area contributed by atoms with Crippen LogP contribution in [-0.2, 0) is 5.41 Å². The highest BCUT2D eigenvalue weighted by molar-refractivity contribution is 5.31. The van der Waals surface area contributed by atoms with Crippen LogP contribution in [0.1, 0.15) is 25.8 Å². The molecular weight excluding hydrogens is 198 g/mol. The first kappa shape index (κ1) is 11.6. The summed E-state index contributed by atoms with van der Waals surface area (Å²) in [5, 5.41) is 10.5. The van der Waals surface area contributed by atoms with Crippen molar-refractivity contribution in [2.24, 2.45) is 0 Å². The van der Waals surface area contributed by atoms with Gasteiger partial charge in [-0.2, -0.15) is 0 Å². The Labute approximate surface area is 97.9 Å². The van der Waals surface area contributed by atoms with Gasteiger partial charge in [0.25, 0.3) is 0 Å². The van der Waals surface area contributed by atoms with Crippen LogP contribution in [0.15, 0.2) is 30.3 Å². The third-order valence-electron chi connectivity index (χ3n) is 3.96. The van der Waals surface area contributed by atoms with Gasteiger partial charge < -0.3 is 10.0 Å². The van der Waals surface area contributed by atoms with Gasteiger partial charge in [0.2, 0.25) is 0 Å². The van der Waals surface area contributed by atoms with Crippen molar-refractivity contribution < 1.29 is 5.11 Å². The van der Waals surface area contributed by atoms with E-state index < -0.39 is 5.60 Å². The van der Waals surface area contributed by atoms with E-state index in [4.69, 9.17) is 0 Å². The maximum atomic E-state index is 10.5. The average Bonchev–Trinajstić information content (AvgIpc) is 2.62. The SMILES string of the molecule is CN1CCC(c2ccccc2)(C(C)(C)O)C1. The van der Waals surface area contributed by atoms with Crippen molar-refractivity contribution in [3.05, 3.63) is 35.9 Å². The molecule has 1 aromatic carbocycles. The highest BCUT2D eigenvalue weighted by atomic mass is 16.3. The summed E-state index contributed by atoms with van der Waals surface area (Å²) in [7, 11) is 2.12. The molecule has 0 radical (unpaired) electrons. The third kappa shape index (κ3) is 1.76. The molecule has 1 heterocycles. The van der Waals surface area contributed by atoms with Gasteiger partial charge in [-0.1, -0.05) is 30.3 Å². The summed E-state index contributed by atoms with van der Waals surface area (Å²) in [4.78, 5) is 2.30. The van der Waals surface area contributed by atoms with Crippen LogP contribution < -0.4 is 0 Å². The first-order chi connectivity index (χ1) is 7.46. The Morgan fingerprint density at radius 2 is 1.88 bits per heavy atom. The van der Waals surface area contributed by atoms with Crippen molar-refractivity contribution in [1.29, 1.82) is 0 Å². The Kier molecular flexibility index (Phi) is 2.81. The topological polar surface area (TPSA) is 23.5 Å². The second-order valence-corrected chi connectivity index (χ2v) is 5.49. The van der Waals surface area contributed by atoms with E-state index >= 15 is 0 Å². The van der Waals surface area contributed by atoms with Crippen LogP contribution in [-0.4, -0.2) is 35.7 Å². The minimum Gasteiger partial charge on any atom is -0.389 e. The molecule has 0 saturated carbocycles.